The molecule has 1 aliphatic heterocycles. The largest absolute Gasteiger partial charge is 0.373 e. The number of nitrogens with zero attached hydrogens (tertiary/aromatic N) is 1. The highest BCUT2D eigenvalue weighted by Gasteiger charge is 2.22. The number of hydrogen-bond acceptors (Lipinski definition) is 2. The van der Waals surface area contributed by atoms with Gasteiger partial charge in [-0.2, -0.15) is 0 Å². The van der Waals surface area contributed by atoms with Gasteiger partial charge in [0.25, 0.3) is 0 Å². The molecule has 0 spiro atoms. The predicted molar refractivity (Wildman–Crippen MR) is 81.4 cm³/mol. The van der Waals surface area contributed by atoms with E-state index in [0.29, 0.717) is 6.10 Å². The zero-order valence-corrected chi connectivity index (χ0v) is 11.7. The third kappa shape index (κ3) is 4.19. The summed E-state index contributed by atoms with van der Waals surface area (Å²) in [6.45, 7) is 4.05. The van der Waals surface area contributed by atoms with Crippen LogP contribution in [0.4, 0.5) is 0 Å². The molecule has 3 rings (SSSR count). The molecule has 0 bridgehead atoms. The number of rotatable bonds is 7. The Labute approximate surface area is 121 Å². The standard InChI is InChI=1S/C18H21NO/c1-3-7-16(8-4-1)13-19(12-11-18-15-20-18)14-17-9-5-2-6-10-17/h1-10,18H,11-15H2/t18-/m0/s1. The molecule has 0 aliphatic carbocycles. The number of ether oxygens (including phenoxy) is 1. The predicted octanol–water partition coefficient (Wildman–Crippen LogP) is 3.48. The van der Waals surface area contributed by atoms with Crippen LogP contribution in [0, 0.1) is 0 Å². The molecule has 104 valence electrons. The first-order valence-corrected chi connectivity index (χ1v) is 7.32. The molecular weight excluding hydrogens is 246 g/mol. The first-order valence-electron chi connectivity index (χ1n) is 7.32. The van der Waals surface area contributed by atoms with E-state index in [-0.39, 0.29) is 0 Å². The quantitative estimate of drug-likeness (QED) is 0.714. The summed E-state index contributed by atoms with van der Waals surface area (Å²) in [6.07, 6.45) is 1.64. The molecule has 2 heteroatoms. The van der Waals surface area contributed by atoms with E-state index in [2.05, 4.69) is 65.6 Å². The summed E-state index contributed by atoms with van der Waals surface area (Å²) >= 11 is 0. The van der Waals surface area contributed by atoms with Crippen LogP contribution in [0.5, 0.6) is 0 Å². The molecule has 2 nitrogen and oxygen atoms in total. The molecule has 1 fully saturated rings. The molecule has 0 radical (unpaired) electrons. The van der Waals surface area contributed by atoms with Crippen LogP contribution in [-0.2, 0) is 17.8 Å². The van der Waals surface area contributed by atoms with Gasteiger partial charge in [-0.15, -0.1) is 0 Å². The molecule has 1 aliphatic rings. The van der Waals surface area contributed by atoms with Gasteiger partial charge in [-0.25, -0.2) is 0 Å². The fourth-order valence-corrected chi connectivity index (χ4v) is 2.46. The molecule has 1 atom stereocenters. The van der Waals surface area contributed by atoms with Crippen LogP contribution in [0.3, 0.4) is 0 Å². The lowest BCUT2D eigenvalue weighted by Gasteiger charge is -2.22. The van der Waals surface area contributed by atoms with E-state index in [4.69, 9.17) is 4.74 Å². The molecule has 0 amide bonds. The minimum atomic E-state index is 0.504. The van der Waals surface area contributed by atoms with Crippen molar-refractivity contribution in [3.63, 3.8) is 0 Å². The van der Waals surface area contributed by atoms with Crippen molar-refractivity contribution < 1.29 is 4.74 Å². The van der Waals surface area contributed by atoms with Gasteiger partial charge >= 0.3 is 0 Å². The second kappa shape index (κ2) is 6.69. The van der Waals surface area contributed by atoms with Gasteiger partial charge in [-0.3, -0.25) is 4.90 Å². The molecule has 0 N–H and O–H groups in total. The highest BCUT2D eigenvalue weighted by molar-refractivity contribution is 5.17. The lowest BCUT2D eigenvalue weighted by Crippen LogP contribution is -2.25. The van der Waals surface area contributed by atoms with Crippen molar-refractivity contribution in [2.45, 2.75) is 25.6 Å². The molecule has 1 saturated heterocycles. The topological polar surface area (TPSA) is 15.8 Å². The highest BCUT2D eigenvalue weighted by atomic mass is 16.6. The second-order valence-electron chi connectivity index (χ2n) is 5.43. The Hall–Kier alpha value is -1.64. The highest BCUT2D eigenvalue weighted by Crippen LogP contribution is 2.16. The zero-order chi connectivity index (χ0) is 13.6. The molecule has 0 aromatic heterocycles. The van der Waals surface area contributed by atoms with Crippen LogP contribution in [-0.4, -0.2) is 24.2 Å². The summed E-state index contributed by atoms with van der Waals surface area (Å²) in [5, 5.41) is 0. The molecule has 1 heterocycles. The van der Waals surface area contributed by atoms with E-state index in [1.165, 1.54) is 11.1 Å². The fraction of sp³-hybridized carbons (Fsp3) is 0.333. The third-order valence-corrected chi connectivity index (χ3v) is 3.67. The average Bonchev–Trinajstić information content (AvgIpc) is 3.31. The van der Waals surface area contributed by atoms with Gasteiger partial charge < -0.3 is 4.74 Å². The maximum atomic E-state index is 5.33. The molecular formula is C18H21NO. The molecule has 20 heavy (non-hydrogen) atoms. The van der Waals surface area contributed by atoms with Crippen molar-refractivity contribution in [2.75, 3.05) is 13.2 Å². The zero-order valence-electron chi connectivity index (χ0n) is 11.7. The van der Waals surface area contributed by atoms with Gasteiger partial charge in [0.15, 0.2) is 0 Å². The summed E-state index contributed by atoms with van der Waals surface area (Å²) < 4.78 is 5.33. The maximum absolute atomic E-state index is 5.33. The van der Waals surface area contributed by atoms with Gasteiger partial charge in [-0.1, -0.05) is 60.7 Å². The summed E-state index contributed by atoms with van der Waals surface area (Å²) in [4.78, 5) is 2.51. The van der Waals surface area contributed by atoms with Gasteiger partial charge in [0.05, 0.1) is 12.7 Å². The smallest absolute Gasteiger partial charge is 0.0822 e. The van der Waals surface area contributed by atoms with E-state index >= 15 is 0 Å². The Morgan fingerprint density at radius 1 is 0.850 bits per heavy atom. The minimum Gasteiger partial charge on any atom is -0.373 e. The summed E-state index contributed by atoms with van der Waals surface area (Å²) in [6, 6.07) is 21.4. The Kier molecular flexibility index (Phi) is 4.46. The van der Waals surface area contributed by atoms with Crippen molar-refractivity contribution in [3.05, 3.63) is 71.8 Å². The van der Waals surface area contributed by atoms with E-state index in [1.54, 1.807) is 0 Å². The van der Waals surface area contributed by atoms with Crippen molar-refractivity contribution >= 4 is 0 Å². The van der Waals surface area contributed by atoms with Crippen LogP contribution >= 0.6 is 0 Å². The van der Waals surface area contributed by atoms with Crippen LogP contribution in [0.2, 0.25) is 0 Å². The third-order valence-electron chi connectivity index (χ3n) is 3.67. The number of hydrogen-bond donors (Lipinski definition) is 0. The fourth-order valence-electron chi connectivity index (χ4n) is 2.46. The van der Waals surface area contributed by atoms with E-state index in [1.807, 2.05) is 0 Å². The van der Waals surface area contributed by atoms with Gasteiger partial charge in [0.1, 0.15) is 0 Å². The van der Waals surface area contributed by atoms with Gasteiger partial charge in [-0.05, 0) is 17.5 Å². The van der Waals surface area contributed by atoms with Crippen molar-refractivity contribution in [3.8, 4) is 0 Å². The van der Waals surface area contributed by atoms with Crippen LogP contribution in [0.25, 0.3) is 0 Å². The number of epoxide rings is 1. The average molecular weight is 267 g/mol. The van der Waals surface area contributed by atoms with E-state index < -0.39 is 0 Å². The van der Waals surface area contributed by atoms with E-state index in [9.17, 15) is 0 Å². The van der Waals surface area contributed by atoms with Gasteiger partial charge in [0.2, 0.25) is 0 Å². The normalized spacial score (nSPS) is 17.4. The molecule has 0 unspecified atom stereocenters. The lowest BCUT2D eigenvalue weighted by molar-refractivity contribution is 0.240. The summed E-state index contributed by atoms with van der Waals surface area (Å²) in [5.74, 6) is 0. The van der Waals surface area contributed by atoms with Crippen LogP contribution in [0.1, 0.15) is 17.5 Å². The Morgan fingerprint density at radius 3 is 1.80 bits per heavy atom. The van der Waals surface area contributed by atoms with Gasteiger partial charge in [0, 0.05) is 19.6 Å². The monoisotopic (exact) mass is 267 g/mol. The number of benzene rings is 2. The molecule has 2 aromatic carbocycles. The maximum Gasteiger partial charge on any atom is 0.0822 e. The SMILES string of the molecule is c1ccc(CN(CC[C@H]2CO2)Cc2ccccc2)cc1. The Morgan fingerprint density at radius 2 is 1.35 bits per heavy atom. The molecule has 2 aromatic rings. The first-order chi connectivity index (χ1) is 9.90. The summed E-state index contributed by atoms with van der Waals surface area (Å²) in [5.41, 5.74) is 2.75. The minimum absolute atomic E-state index is 0.504. The Balaban J connectivity index is 1.63. The summed E-state index contributed by atoms with van der Waals surface area (Å²) in [7, 11) is 0. The van der Waals surface area contributed by atoms with Crippen molar-refractivity contribution in [1.82, 2.24) is 4.90 Å². The van der Waals surface area contributed by atoms with Crippen molar-refractivity contribution in [2.24, 2.45) is 0 Å². The van der Waals surface area contributed by atoms with Crippen LogP contribution in [0.15, 0.2) is 60.7 Å². The molecule has 0 saturated carbocycles. The van der Waals surface area contributed by atoms with Crippen LogP contribution < -0.4 is 0 Å². The lowest BCUT2D eigenvalue weighted by atomic mass is 10.1. The second-order valence-corrected chi connectivity index (χ2v) is 5.43. The Bertz CT molecular complexity index is 466. The van der Waals surface area contributed by atoms with Crippen molar-refractivity contribution in [1.29, 1.82) is 0 Å². The first kappa shape index (κ1) is 13.3. The van der Waals surface area contributed by atoms with E-state index in [0.717, 1.165) is 32.7 Å².